The molecule has 21 rings (SSSR count). The van der Waals surface area contributed by atoms with Crippen molar-refractivity contribution in [2.45, 2.75) is 104 Å². The molecule has 8 aromatic heterocycles. The topological polar surface area (TPSA) is 142 Å². The van der Waals surface area contributed by atoms with Gasteiger partial charge in [0.2, 0.25) is 0 Å². The maximum atomic E-state index is 5.70. The van der Waals surface area contributed by atoms with Crippen LogP contribution < -0.4 is 0 Å². The minimum atomic E-state index is 0.587. The first-order valence-electron chi connectivity index (χ1n) is 44.6. The molecule has 0 aliphatic heterocycles. The van der Waals surface area contributed by atoms with Crippen molar-refractivity contribution in [1.82, 2.24) is 54.8 Å². The lowest BCUT2D eigenvalue weighted by Gasteiger charge is -2.24. The van der Waals surface area contributed by atoms with Gasteiger partial charge in [-0.15, -0.1) is 34.0 Å². The van der Waals surface area contributed by atoms with Crippen LogP contribution in [0.2, 0.25) is 0 Å². The predicted molar refractivity (Wildman–Crippen MR) is 554 cm³/mol. The lowest BCUT2D eigenvalue weighted by molar-refractivity contribution is 0.875. The molecule has 0 unspecified atom stereocenters. The van der Waals surface area contributed by atoms with E-state index in [0.717, 1.165) is 123 Å². The molecular formula is C118H97N11S3. The van der Waals surface area contributed by atoms with Gasteiger partial charge in [-0.3, -0.25) is 0 Å². The average molecular weight is 1770 g/mol. The summed E-state index contributed by atoms with van der Waals surface area (Å²) in [5.41, 5.74) is 39.0. The zero-order chi connectivity index (χ0) is 91.1. The van der Waals surface area contributed by atoms with E-state index >= 15 is 0 Å². The first-order valence-corrected chi connectivity index (χ1v) is 47.1. The van der Waals surface area contributed by atoms with E-state index < -0.39 is 0 Å². The molecule has 13 aromatic carbocycles. The van der Waals surface area contributed by atoms with Crippen LogP contribution in [-0.2, 0) is 0 Å². The molecule has 0 aliphatic rings. The van der Waals surface area contributed by atoms with Crippen LogP contribution in [0.4, 0.5) is 0 Å². The van der Waals surface area contributed by atoms with Crippen LogP contribution in [0, 0.1) is 104 Å². The highest BCUT2D eigenvalue weighted by Crippen LogP contribution is 2.50. The smallest absolute Gasteiger partial charge is 0.160 e. The SMILES string of the molecule is Cc1c(C)c(-c2ccc(-c3ccccc3)s2)c(C)c(C)c1-c1cc(-c2c(C)c(C)c(-c3ccc(-c4ccccc4)s3)c(C)c2C)nc(-c2c(C)c(C)c(-c3ccc(-c4ccccc4)s3)c(C)c2C)n1.Cc1nc(C)nc(C)n1.c1ccc(-c2nc(-c3cc(-c4nc(-c5ccccc5)c5ccccc5n4)cc(-c4nc(-c5ccccc5)c5ccccc5n4)c3)nc3ccccc23)cc1. The highest BCUT2D eigenvalue weighted by Gasteiger charge is 2.29. The Labute approximate surface area is 783 Å². The van der Waals surface area contributed by atoms with Crippen molar-refractivity contribution in [2.24, 2.45) is 0 Å². The molecule has 21 aromatic rings. The fourth-order valence-electron chi connectivity index (χ4n) is 18.5. The van der Waals surface area contributed by atoms with Crippen LogP contribution in [0.25, 0.3) is 197 Å². The van der Waals surface area contributed by atoms with Gasteiger partial charge in [-0.05, 0) is 283 Å². The summed E-state index contributed by atoms with van der Waals surface area (Å²) in [5, 5.41) is 2.96. The summed E-state index contributed by atoms with van der Waals surface area (Å²) in [7, 11) is 0. The van der Waals surface area contributed by atoms with Gasteiger partial charge >= 0.3 is 0 Å². The maximum Gasteiger partial charge on any atom is 0.160 e. The molecule has 0 bridgehead atoms. The fraction of sp³-hybridized carbons (Fsp3) is 0.127. The lowest BCUT2D eigenvalue weighted by Crippen LogP contribution is -2.07. The van der Waals surface area contributed by atoms with Gasteiger partial charge in [0.25, 0.3) is 0 Å². The normalized spacial score (nSPS) is 11.3. The third-order valence-electron chi connectivity index (χ3n) is 25.7. The summed E-state index contributed by atoms with van der Waals surface area (Å²) in [6.07, 6.45) is 0. The van der Waals surface area contributed by atoms with Crippen LogP contribution in [0.3, 0.4) is 0 Å². The minimum absolute atomic E-state index is 0.587. The molecule has 0 spiro atoms. The van der Waals surface area contributed by atoms with Crippen molar-refractivity contribution in [1.29, 1.82) is 0 Å². The van der Waals surface area contributed by atoms with Crippen molar-refractivity contribution in [3.8, 4) is 164 Å². The number of benzene rings is 13. The Morgan fingerprint density at radius 3 is 0.644 bits per heavy atom. The Morgan fingerprint density at radius 2 is 0.379 bits per heavy atom. The van der Waals surface area contributed by atoms with Crippen LogP contribution >= 0.6 is 34.0 Å². The summed E-state index contributed by atoms with van der Waals surface area (Å²) in [4.78, 5) is 62.3. The van der Waals surface area contributed by atoms with Crippen LogP contribution in [0.5, 0.6) is 0 Å². The van der Waals surface area contributed by atoms with E-state index in [9.17, 15) is 0 Å². The van der Waals surface area contributed by atoms with Crippen molar-refractivity contribution in [3.05, 3.63) is 400 Å². The van der Waals surface area contributed by atoms with Gasteiger partial charge in [-0.1, -0.05) is 237 Å². The quantitative estimate of drug-likeness (QED) is 0.0968. The molecule has 0 saturated heterocycles. The van der Waals surface area contributed by atoms with E-state index in [2.05, 4.69) is 304 Å². The van der Waals surface area contributed by atoms with Crippen LogP contribution in [0.15, 0.2) is 315 Å². The molecule has 0 atom stereocenters. The molecule has 14 heteroatoms. The average Bonchev–Trinajstić information content (AvgIpc) is 1.05. The van der Waals surface area contributed by atoms with Crippen molar-refractivity contribution in [2.75, 3.05) is 0 Å². The standard InChI is InChI=1S/C64H58N2S3.C48H30N6.C6H9N3/c1-35-39(5)60(55-31-28-52(67-55)47-22-16-13-17-23-47)40(6)36(2)58(35)50-34-51(59-37(3)41(7)61(42(8)38(59)4)56-32-29-53(68-56)48-24-18-14-19-25-48)66-64(65-50)63-45(11)43(9)62(44(10)46(63)12)57-33-30-54(69-57)49-26-20-15-21-27-49;1-4-16-31(17-5-1)43-37-22-10-13-25-40(37)49-46(52-43)34-28-35(47-50-41-26-14-11-23-38(41)44(53-47)32-18-6-2-7-19-32)30-36(29-34)48-51-42-27-15-12-24-39(42)45(54-48)33-20-8-3-9-21-33;1-4-7-5(2)9-6(3)8-4/h13-34H,1-12H3;1-30H;1-3H3. The summed E-state index contributed by atoms with van der Waals surface area (Å²) in [5.74, 6) is 4.91. The molecule has 8 heterocycles. The number of fused-ring (bicyclic) bond motifs is 3. The Bertz CT molecular complexity index is 7120. The number of rotatable bonds is 15. The molecule has 0 amide bonds. The zero-order valence-electron chi connectivity index (χ0n) is 76.7. The van der Waals surface area contributed by atoms with E-state index in [-0.39, 0.29) is 0 Å². The van der Waals surface area contributed by atoms with E-state index in [0.29, 0.717) is 17.5 Å². The maximum absolute atomic E-state index is 5.70. The molecule has 11 nitrogen and oxygen atoms in total. The highest BCUT2D eigenvalue weighted by molar-refractivity contribution is 7.19. The number of thiophene rings is 3. The van der Waals surface area contributed by atoms with Gasteiger partial charge in [0, 0.05) is 95.5 Å². The monoisotopic (exact) mass is 1760 g/mol. The summed E-state index contributed by atoms with van der Waals surface area (Å²) in [6.45, 7) is 33.1. The number of nitrogens with zero attached hydrogens (tertiary/aromatic N) is 11. The number of hydrogen-bond donors (Lipinski definition) is 0. The van der Waals surface area contributed by atoms with E-state index in [1.165, 1.54) is 141 Å². The molecule has 642 valence electrons. The molecular weight excluding hydrogens is 1670 g/mol. The summed E-state index contributed by atoms with van der Waals surface area (Å²) in [6, 6.07) is 110. The van der Waals surface area contributed by atoms with Crippen molar-refractivity contribution in [3.63, 3.8) is 0 Å². The summed E-state index contributed by atoms with van der Waals surface area (Å²) < 4.78 is 0. The number of aromatic nitrogens is 11. The van der Waals surface area contributed by atoms with Gasteiger partial charge in [0.05, 0.1) is 45.0 Å². The van der Waals surface area contributed by atoms with Gasteiger partial charge < -0.3 is 0 Å². The zero-order valence-corrected chi connectivity index (χ0v) is 79.1. The van der Waals surface area contributed by atoms with E-state index in [1.807, 2.05) is 164 Å². The van der Waals surface area contributed by atoms with E-state index in [4.69, 9.17) is 39.9 Å². The molecule has 0 aliphatic carbocycles. The third-order valence-corrected chi connectivity index (χ3v) is 29.2. The fourth-order valence-corrected chi connectivity index (χ4v) is 22.0. The highest BCUT2D eigenvalue weighted by atomic mass is 32.1. The Kier molecular flexibility index (Phi) is 24.2. The van der Waals surface area contributed by atoms with Crippen molar-refractivity contribution < 1.29 is 0 Å². The number of para-hydroxylation sites is 3. The Morgan fingerprint density at radius 1 is 0.159 bits per heavy atom. The Hall–Kier alpha value is -14.9. The van der Waals surface area contributed by atoms with Gasteiger partial charge in [0.15, 0.2) is 23.3 Å². The number of aryl methyl sites for hydroxylation is 3. The van der Waals surface area contributed by atoms with Crippen molar-refractivity contribution >= 4 is 66.7 Å². The lowest BCUT2D eigenvalue weighted by atomic mass is 9.84. The summed E-state index contributed by atoms with van der Waals surface area (Å²) >= 11 is 5.61. The first kappa shape index (κ1) is 86.5. The number of hydrogen-bond acceptors (Lipinski definition) is 14. The van der Waals surface area contributed by atoms with Gasteiger partial charge in [-0.25, -0.2) is 54.8 Å². The van der Waals surface area contributed by atoms with Crippen LogP contribution in [-0.4, -0.2) is 54.8 Å². The molecule has 132 heavy (non-hydrogen) atoms. The molecule has 0 fully saturated rings. The molecule has 0 radical (unpaired) electrons. The second kappa shape index (κ2) is 36.9. The second-order valence-electron chi connectivity index (χ2n) is 33.9. The second-order valence-corrected chi connectivity index (χ2v) is 37.2. The molecule has 0 saturated carbocycles. The minimum Gasteiger partial charge on any atom is -0.228 e. The predicted octanol–water partition coefficient (Wildman–Crippen LogP) is 31.7. The van der Waals surface area contributed by atoms with Gasteiger partial charge in [0.1, 0.15) is 17.5 Å². The molecule has 0 N–H and O–H groups in total. The van der Waals surface area contributed by atoms with Gasteiger partial charge in [-0.2, -0.15) is 0 Å². The van der Waals surface area contributed by atoms with E-state index in [1.54, 1.807) is 0 Å². The third kappa shape index (κ3) is 17.0. The van der Waals surface area contributed by atoms with Crippen LogP contribution in [0.1, 0.15) is 84.2 Å². The first-order chi connectivity index (χ1) is 64.2. The Balaban J connectivity index is 0.000000159. The largest absolute Gasteiger partial charge is 0.228 e.